The van der Waals surface area contributed by atoms with Crippen LogP contribution in [-0.4, -0.2) is 65.3 Å². The van der Waals surface area contributed by atoms with E-state index in [0.717, 1.165) is 43.4 Å². The number of hydrogen-bond acceptors (Lipinski definition) is 6. The van der Waals surface area contributed by atoms with Gasteiger partial charge in [-0.15, -0.1) is 0 Å². The molecule has 1 aliphatic heterocycles. The molecular weight excluding hydrogens is 254 g/mol. The Labute approximate surface area is 120 Å². The first kappa shape index (κ1) is 15.0. The standard InChI is InChI=1S/C14H25N5O/c1-11-12(15-4)16-10-17-13(11)19-7-5-18(6-8-19)9-14(2,3)20/h10,20H,5-9H2,1-4H3,(H,15,16,17). The maximum absolute atomic E-state index is 9.88. The second-order valence-corrected chi connectivity index (χ2v) is 6.00. The molecular formula is C14H25N5O. The van der Waals surface area contributed by atoms with Crippen molar-refractivity contribution in [1.29, 1.82) is 0 Å². The van der Waals surface area contributed by atoms with E-state index in [1.807, 2.05) is 27.8 Å². The molecule has 6 heteroatoms. The fraction of sp³-hybridized carbons (Fsp3) is 0.714. The van der Waals surface area contributed by atoms with Crippen LogP contribution in [0.1, 0.15) is 19.4 Å². The number of hydrogen-bond donors (Lipinski definition) is 2. The second-order valence-electron chi connectivity index (χ2n) is 6.00. The molecule has 112 valence electrons. The van der Waals surface area contributed by atoms with Crippen LogP contribution in [0, 0.1) is 6.92 Å². The van der Waals surface area contributed by atoms with E-state index in [-0.39, 0.29) is 0 Å². The van der Waals surface area contributed by atoms with E-state index >= 15 is 0 Å². The molecule has 6 nitrogen and oxygen atoms in total. The lowest BCUT2D eigenvalue weighted by Gasteiger charge is -2.38. The molecule has 0 bridgehead atoms. The Hall–Kier alpha value is -1.40. The molecule has 1 aromatic rings. The predicted octanol–water partition coefficient (Wildman–Crippen LogP) is 0.720. The van der Waals surface area contributed by atoms with E-state index in [1.165, 1.54) is 0 Å². The lowest BCUT2D eigenvalue weighted by atomic mass is 10.1. The largest absolute Gasteiger partial charge is 0.389 e. The topological polar surface area (TPSA) is 64.5 Å². The normalized spacial score (nSPS) is 17.4. The highest BCUT2D eigenvalue weighted by Gasteiger charge is 2.24. The molecule has 20 heavy (non-hydrogen) atoms. The maximum Gasteiger partial charge on any atom is 0.137 e. The summed E-state index contributed by atoms with van der Waals surface area (Å²) in [5, 5.41) is 13.0. The van der Waals surface area contributed by atoms with E-state index < -0.39 is 5.60 Å². The van der Waals surface area contributed by atoms with Crippen molar-refractivity contribution >= 4 is 11.6 Å². The van der Waals surface area contributed by atoms with Gasteiger partial charge < -0.3 is 15.3 Å². The van der Waals surface area contributed by atoms with Crippen LogP contribution in [-0.2, 0) is 0 Å². The van der Waals surface area contributed by atoms with Crippen molar-refractivity contribution in [2.75, 3.05) is 50.0 Å². The predicted molar refractivity (Wildman–Crippen MR) is 81.3 cm³/mol. The molecule has 1 aliphatic rings. The molecule has 0 radical (unpaired) electrons. The van der Waals surface area contributed by atoms with Gasteiger partial charge >= 0.3 is 0 Å². The Balaban J connectivity index is 2.01. The monoisotopic (exact) mass is 279 g/mol. The van der Waals surface area contributed by atoms with Crippen molar-refractivity contribution in [3.63, 3.8) is 0 Å². The van der Waals surface area contributed by atoms with Gasteiger partial charge in [0.1, 0.15) is 18.0 Å². The third-order valence-electron chi connectivity index (χ3n) is 3.58. The summed E-state index contributed by atoms with van der Waals surface area (Å²) in [5.41, 5.74) is 0.456. The third kappa shape index (κ3) is 3.58. The van der Waals surface area contributed by atoms with Gasteiger partial charge in [0.2, 0.25) is 0 Å². The molecule has 0 atom stereocenters. The summed E-state index contributed by atoms with van der Waals surface area (Å²) in [6, 6.07) is 0. The Bertz CT molecular complexity index is 449. The summed E-state index contributed by atoms with van der Waals surface area (Å²) in [6.07, 6.45) is 1.61. The minimum absolute atomic E-state index is 0.633. The molecule has 2 heterocycles. The van der Waals surface area contributed by atoms with Crippen LogP contribution < -0.4 is 10.2 Å². The first-order chi connectivity index (χ1) is 9.40. The number of aromatic nitrogens is 2. The molecule has 2 N–H and O–H groups in total. The summed E-state index contributed by atoms with van der Waals surface area (Å²) in [6.45, 7) is 10.2. The summed E-state index contributed by atoms with van der Waals surface area (Å²) >= 11 is 0. The van der Waals surface area contributed by atoms with Crippen molar-refractivity contribution in [3.05, 3.63) is 11.9 Å². The molecule has 0 aliphatic carbocycles. The van der Waals surface area contributed by atoms with Gasteiger partial charge in [0.15, 0.2) is 0 Å². The zero-order chi connectivity index (χ0) is 14.8. The Kier molecular flexibility index (Phi) is 4.45. The summed E-state index contributed by atoms with van der Waals surface area (Å²) in [4.78, 5) is 13.2. The minimum Gasteiger partial charge on any atom is -0.389 e. The van der Waals surface area contributed by atoms with Crippen molar-refractivity contribution < 1.29 is 5.11 Å². The van der Waals surface area contributed by atoms with E-state index in [2.05, 4.69) is 25.1 Å². The molecule has 0 spiro atoms. The molecule has 2 rings (SSSR count). The number of β-amino-alcohol motifs (C(OH)–C–C–N with tert-alkyl or cyclic N) is 1. The van der Waals surface area contributed by atoms with E-state index in [1.54, 1.807) is 6.33 Å². The lowest BCUT2D eigenvalue weighted by molar-refractivity contribution is 0.0344. The average molecular weight is 279 g/mol. The molecule has 0 amide bonds. The van der Waals surface area contributed by atoms with Gasteiger partial charge in [0.05, 0.1) is 5.60 Å². The minimum atomic E-state index is -0.633. The number of rotatable bonds is 4. The highest BCUT2D eigenvalue weighted by atomic mass is 16.3. The van der Waals surface area contributed by atoms with E-state index in [9.17, 15) is 5.11 Å². The quantitative estimate of drug-likeness (QED) is 0.847. The van der Waals surface area contributed by atoms with Gasteiger partial charge in [-0.05, 0) is 20.8 Å². The van der Waals surface area contributed by atoms with Crippen LogP contribution in [0.3, 0.4) is 0 Å². The van der Waals surface area contributed by atoms with Gasteiger partial charge in [-0.2, -0.15) is 0 Å². The summed E-state index contributed by atoms with van der Waals surface area (Å²) < 4.78 is 0. The Morgan fingerprint density at radius 3 is 2.45 bits per heavy atom. The Morgan fingerprint density at radius 2 is 1.90 bits per heavy atom. The summed E-state index contributed by atoms with van der Waals surface area (Å²) in [5.74, 6) is 1.89. The van der Waals surface area contributed by atoms with Crippen molar-refractivity contribution in [2.24, 2.45) is 0 Å². The highest BCUT2D eigenvalue weighted by molar-refractivity contribution is 5.57. The zero-order valence-electron chi connectivity index (χ0n) is 12.8. The fourth-order valence-electron chi connectivity index (χ4n) is 2.68. The molecule has 1 saturated heterocycles. The molecule has 1 aromatic heterocycles. The number of nitrogens with one attached hydrogen (secondary N) is 1. The SMILES string of the molecule is CNc1ncnc(N2CCN(CC(C)(C)O)CC2)c1C. The molecule has 1 fully saturated rings. The molecule has 0 unspecified atom stereocenters. The van der Waals surface area contributed by atoms with Crippen LogP contribution in [0.25, 0.3) is 0 Å². The van der Waals surface area contributed by atoms with Crippen molar-refractivity contribution in [2.45, 2.75) is 26.4 Å². The number of anilines is 2. The van der Waals surface area contributed by atoms with Gasteiger partial charge in [-0.1, -0.05) is 0 Å². The second kappa shape index (κ2) is 5.93. The van der Waals surface area contributed by atoms with Gasteiger partial charge in [0.25, 0.3) is 0 Å². The molecule has 0 saturated carbocycles. The maximum atomic E-state index is 9.88. The third-order valence-corrected chi connectivity index (χ3v) is 3.58. The first-order valence-electron chi connectivity index (χ1n) is 7.10. The number of nitrogens with zero attached hydrogens (tertiary/aromatic N) is 4. The average Bonchev–Trinajstić information content (AvgIpc) is 2.38. The van der Waals surface area contributed by atoms with Crippen LogP contribution in [0.5, 0.6) is 0 Å². The van der Waals surface area contributed by atoms with Crippen LogP contribution in [0.15, 0.2) is 6.33 Å². The molecule has 0 aromatic carbocycles. The van der Waals surface area contributed by atoms with Gasteiger partial charge in [0, 0.05) is 45.3 Å². The highest BCUT2D eigenvalue weighted by Crippen LogP contribution is 2.23. The lowest BCUT2D eigenvalue weighted by Crippen LogP contribution is -2.50. The van der Waals surface area contributed by atoms with Crippen molar-refractivity contribution in [1.82, 2.24) is 14.9 Å². The van der Waals surface area contributed by atoms with Gasteiger partial charge in [-0.3, -0.25) is 4.90 Å². The van der Waals surface area contributed by atoms with E-state index in [0.29, 0.717) is 6.54 Å². The zero-order valence-corrected chi connectivity index (χ0v) is 12.8. The smallest absolute Gasteiger partial charge is 0.137 e. The van der Waals surface area contributed by atoms with Gasteiger partial charge in [-0.25, -0.2) is 9.97 Å². The van der Waals surface area contributed by atoms with Crippen molar-refractivity contribution in [3.8, 4) is 0 Å². The Morgan fingerprint density at radius 1 is 1.25 bits per heavy atom. The van der Waals surface area contributed by atoms with Crippen LogP contribution in [0.4, 0.5) is 11.6 Å². The van der Waals surface area contributed by atoms with Crippen LogP contribution >= 0.6 is 0 Å². The van der Waals surface area contributed by atoms with Crippen LogP contribution in [0.2, 0.25) is 0 Å². The number of aliphatic hydroxyl groups is 1. The number of piperazine rings is 1. The van der Waals surface area contributed by atoms with E-state index in [4.69, 9.17) is 0 Å². The first-order valence-corrected chi connectivity index (χ1v) is 7.10. The summed E-state index contributed by atoms with van der Waals surface area (Å²) in [7, 11) is 1.88. The fourth-order valence-corrected chi connectivity index (χ4v) is 2.68.